The molecule has 752 valence electrons. The molecule has 9 nitrogen and oxygen atoms in total. The van der Waals surface area contributed by atoms with E-state index in [0.717, 1.165) is 32.1 Å². The smallest absolute Gasteiger partial charge is 0.302 e. The van der Waals surface area contributed by atoms with Crippen LogP contribution >= 0.6 is 0 Å². The Hall–Kier alpha value is -4.52. The first-order chi connectivity index (χ1) is 61.0. The second-order valence-corrected chi connectivity index (χ2v) is 55.0. The molecule has 0 radical (unpaired) electrons. The van der Waals surface area contributed by atoms with Gasteiger partial charge < -0.3 is 29.3 Å². The maximum atomic E-state index is 11.9. The third-order valence-electron chi connectivity index (χ3n) is 43.6. The molecule has 0 saturated heterocycles. The number of ether oxygens (including phenoxy) is 1. The molecule has 0 saturated carbocycles. The van der Waals surface area contributed by atoms with Gasteiger partial charge in [0.1, 0.15) is 24.6 Å². The monoisotopic (exact) mass is 1830 g/mol. The largest absolute Gasteiger partial charge is 0.465 e. The first-order valence-electron chi connectivity index (χ1n) is 54.6. The molecule has 0 aromatic heterocycles. The van der Waals surface area contributed by atoms with Crippen LogP contribution in [0.5, 0.6) is 0 Å². The van der Waals surface area contributed by atoms with Crippen molar-refractivity contribution in [3.63, 3.8) is 0 Å². The summed E-state index contributed by atoms with van der Waals surface area (Å²) in [5, 5.41) is 29.0. The van der Waals surface area contributed by atoms with Crippen LogP contribution in [-0.2, 0) is 28.7 Å². The molecule has 133 heavy (non-hydrogen) atoms. The van der Waals surface area contributed by atoms with E-state index < -0.39 is 0 Å². The van der Waals surface area contributed by atoms with Crippen molar-refractivity contribution in [1.29, 1.82) is 5.26 Å². The number of hydrogen-bond donors (Lipinski definition) is 2. The average molecular weight is 1840 g/mol. The van der Waals surface area contributed by atoms with Gasteiger partial charge in [-0.2, -0.15) is 5.26 Å². The summed E-state index contributed by atoms with van der Waals surface area (Å²) in [6.45, 7) is 95.7. The van der Waals surface area contributed by atoms with Gasteiger partial charge in [0.2, 0.25) is 0 Å². The van der Waals surface area contributed by atoms with Gasteiger partial charge in [0.05, 0.1) is 24.7 Å². The van der Waals surface area contributed by atoms with Gasteiger partial charge in [-0.1, -0.05) is 347 Å². The standard InChI is InChI=1S/C17H28O2.C16H28O.C16H26O.C15H23N.C15H26O.3C15H24O/c1-11-16(3,4)14-9-7-8-13(10-19-12(2)18)15(14)17(11,5)6;2*1-10(17)12-8-7-9-13-14(12)16(5,6)11(2)15(13,3)4;3*1-10-14(2,3)12-8-6-7-11(9-16)13(12)15(10,4)5;1-5-15(4)10-14(2,3)13-11(9-16)7-6-8-12(13)15;1-5-15(4)10-14(2,3)12-8-6-7-11(9-16)13(12)15/h11,13H,7-10H2,1-6H3;10-12,17H,7-9H2,1-6H3;11-12H,7-9H2,1-6H3;10-11H,6-8H2,1-5H3;10-11,16H,6-9H2,1-5H3;9-11H,6-8H2,1-5H3;2*9,11H,5-8,10H2,1-4H3. The number of rotatable bonds is 10. The Morgan fingerprint density at radius 2 is 0.662 bits per heavy atom. The van der Waals surface area contributed by atoms with Crippen LogP contribution in [0.15, 0.2) is 89.2 Å². The predicted octanol–water partition coefficient (Wildman–Crippen LogP) is 33.2. The number of aliphatic hydroxyl groups is 2. The molecule has 16 aliphatic rings. The van der Waals surface area contributed by atoms with Gasteiger partial charge in [0.15, 0.2) is 0 Å². The van der Waals surface area contributed by atoms with Crippen molar-refractivity contribution in [3.05, 3.63) is 89.2 Å². The molecule has 0 aromatic carbocycles. The second-order valence-electron chi connectivity index (χ2n) is 55.0. The quantitative estimate of drug-likeness (QED) is 0.123. The Balaban J connectivity index is 0.000000171. The molecule has 0 bridgehead atoms. The lowest BCUT2D eigenvalue weighted by Crippen LogP contribution is -2.31. The van der Waals surface area contributed by atoms with E-state index in [1.54, 1.807) is 68.2 Å². The lowest BCUT2D eigenvalue weighted by atomic mass is 9.68. The molecule has 0 aromatic rings. The van der Waals surface area contributed by atoms with E-state index in [1.165, 1.54) is 201 Å². The van der Waals surface area contributed by atoms with E-state index in [0.29, 0.717) is 93.9 Å². The molecule has 16 rings (SSSR count). The number of ketones is 1. The lowest BCUT2D eigenvalue weighted by Gasteiger charge is -2.37. The fourth-order valence-electron chi connectivity index (χ4n) is 33.7. The average Bonchev–Trinajstić information content (AvgIpc) is 1.54. The van der Waals surface area contributed by atoms with Crippen molar-refractivity contribution in [2.24, 2.45) is 169 Å². The zero-order valence-corrected chi connectivity index (χ0v) is 93.9. The van der Waals surface area contributed by atoms with Crippen LogP contribution in [0.25, 0.3) is 0 Å². The van der Waals surface area contributed by atoms with Crippen molar-refractivity contribution >= 4 is 30.6 Å². The Morgan fingerprint density at radius 3 is 1.05 bits per heavy atom. The SMILES string of the molecule is CC(=O)C1CCCC2=C1C(C)(C)C(C)C2(C)C.CC(=O)OCC1CCCC2=C1C(C)(C)C(C)C2(C)C.CC(O)C1CCCC2=C1C(C)(C)C(C)C2(C)C.CC1C(C)(C)C2=C(C(C#N)CCC2)C1(C)C.CC1C(C)(C)C2=C(C(C=O)CCC2)C1(C)C.CC1C(C)(C)C2=C(C(CO)CCC2)C1(C)C.CCC1(C)CC(C)(C)C2=C1C(C=O)CCC2.CCC1(C)CC(C)(C)C2=C1CCCC2C=O. The van der Waals surface area contributed by atoms with Crippen LogP contribution in [-0.4, -0.2) is 60.1 Å². The van der Waals surface area contributed by atoms with Gasteiger partial charge in [0, 0.05) is 55.0 Å². The molecule has 2 N–H and O–H groups in total. The summed E-state index contributed by atoms with van der Waals surface area (Å²) < 4.78 is 5.31. The van der Waals surface area contributed by atoms with Gasteiger partial charge in [-0.15, -0.1) is 0 Å². The Bertz CT molecular complexity index is 4570. The van der Waals surface area contributed by atoms with Crippen molar-refractivity contribution < 1.29 is 38.9 Å². The van der Waals surface area contributed by atoms with Crippen LogP contribution in [0, 0.1) is 181 Å². The number of aldehydes is 3. The zero-order chi connectivity index (χ0) is 101. The predicted molar refractivity (Wildman–Crippen MR) is 559 cm³/mol. The molecular weight excluding hydrogens is 1630 g/mol. The Labute approximate surface area is 817 Å². The highest BCUT2D eigenvalue weighted by molar-refractivity contribution is 5.82. The molecule has 0 heterocycles. The number of carbonyl (C=O) groups excluding carboxylic acids is 5. The third-order valence-corrected chi connectivity index (χ3v) is 43.6. The van der Waals surface area contributed by atoms with E-state index in [-0.39, 0.29) is 107 Å². The normalized spacial score (nSPS) is 35.7. The number of esters is 1. The van der Waals surface area contributed by atoms with Gasteiger partial charge in [-0.05, 0) is 321 Å². The van der Waals surface area contributed by atoms with Gasteiger partial charge in [0.25, 0.3) is 0 Å². The molecule has 0 aliphatic heterocycles. The highest BCUT2D eigenvalue weighted by Crippen LogP contribution is 2.70. The molecule has 9 heteroatoms. The maximum Gasteiger partial charge on any atom is 0.302 e. The Morgan fingerprint density at radius 1 is 0.361 bits per heavy atom. The van der Waals surface area contributed by atoms with E-state index in [9.17, 15) is 39.4 Å². The molecule has 0 fully saturated rings. The van der Waals surface area contributed by atoms with Crippen LogP contribution in [0.4, 0.5) is 0 Å². The second kappa shape index (κ2) is 40.1. The van der Waals surface area contributed by atoms with Crippen molar-refractivity contribution in [1.82, 2.24) is 0 Å². The fraction of sp³-hybridized carbons (Fsp3) is 0.823. The molecule has 17 unspecified atom stereocenters. The number of Topliss-reactive ketones (excluding diaryl/α,β-unsaturated/α-hetero) is 1. The first kappa shape index (κ1) is 112. The highest BCUT2D eigenvalue weighted by Gasteiger charge is 2.61. The molecule has 17 atom stereocenters. The number of carbonyl (C=O) groups is 5. The third kappa shape index (κ3) is 20.0. The number of nitriles is 1. The van der Waals surface area contributed by atoms with E-state index in [2.05, 4.69) is 269 Å². The first-order valence-corrected chi connectivity index (χ1v) is 54.6. The topological polar surface area (TPSA) is 159 Å². The van der Waals surface area contributed by atoms with Gasteiger partial charge >= 0.3 is 5.97 Å². The summed E-state index contributed by atoms with van der Waals surface area (Å²) in [5.74, 6) is 6.38. The fourth-order valence-corrected chi connectivity index (χ4v) is 33.7. The van der Waals surface area contributed by atoms with Crippen molar-refractivity contribution in [2.45, 2.75) is 470 Å². The van der Waals surface area contributed by atoms with Crippen LogP contribution in [0.1, 0.15) is 464 Å². The van der Waals surface area contributed by atoms with Crippen LogP contribution in [0.3, 0.4) is 0 Å². The molecular formula is C124H203NO8. The van der Waals surface area contributed by atoms with Gasteiger partial charge in [-0.3, -0.25) is 9.59 Å². The molecule has 16 aliphatic carbocycles. The summed E-state index contributed by atoms with van der Waals surface area (Å²) in [7, 11) is 0. The minimum absolute atomic E-state index is 0.157. The van der Waals surface area contributed by atoms with E-state index in [1.807, 2.05) is 6.92 Å². The van der Waals surface area contributed by atoms with Gasteiger partial charge in [-0.25, -0.2) is 0 Å². The number of nitrogens with zero attached hydrogens (tertiary/aromatic N) is 1. The van der Waals surface area contributed by atoms with E-state index in [4.69, 9.17) is 4.74 Å². The minimum atomic E-state index is -0.194. The lowest BCUT2D eigenvalue weighted by molar-refractivity contribution is -0.142. The number of allylic oxidation sites excluding steroid dienone is 13. The summed E-state index contributed by atoms with van der Waals surface area (Å²) >= 11 is 0. The molecule has 0 spiro atoms. The zero-order valence-electron chi connectivity index (χ0n) is 93.9. The number of aliphatic hydroxyl groups excluding tert-OH is 2. The summed E-state index contributed by atoms with van der Waals surface area (Å²) in [4.78, 5) is 56.8. The number of hydrogen-bond acceptors (Lipinski definition) is 9. The highest BCUT2D eigenvalue weighted by atomic mass is 16.5. The molecule has 0 amide bonds. The Kier molecular flexibility index (Phi) is 33.8. The summed E-state index contributed by atoms with van der Waals surface area (Å²) in [6, 6.07) is 2.53. The van der Waals surface area contributed by atoms with Crippen LogP contribution < -0.4 is 0 Å². The van der Waals surface area contributed by atoms with Crippen LogP contribution in [0.2, 0.25) is 0 Å². The minimum Gasteiger partial charge on any atom is -0.465 e. The maximum absolute atomic E-state index is 11.9. The van der Waals surface area contributed by atoms with E-state index >= 15 is 0 Å². The van der Waals surface area contributed by atoms with Crippen molar-refractivity contribution in [3.8, 4) is 6.07 Å². The van der Waals surface area contributed by atoms with Crippen molar-refractivity contribution in [2.75, 3.05) is 13.2 Å². The summed E-state index contributed by atoms with van der Waals surface area (Å²) in [5.41, 5.74) is 29.6. The summed E-state index contributed by atoms with van der Waals surface area (Å²) in [6.07, 6.45) is 36.6.